The molecule has 0 unspecified atom stereocenters. The Kier molecular flexibility index (Phi) is 7.98. The number of rotatable bonds is 8. The first-order chi connectivity index (χ1) is 17.1. The number of carbonyl (C=O) groups excluding carboxylic acids is 4. The van der Waals surface area contributed by atoms with E-state index in [9.17, 15) is 24.3 Å². The van der Waals surface area contributed by atoms with Gasteiger partial charge in [0.15, 0.2) is 18.9 Å². The van der Waals surface area contributed by atoms with Crippen molar-refractivity contribution in [3.8, 4) is 0 Å². The highest BCUT2D eigenvalue weighted by molar-refractivity contribution is 8.00. The van der Waals surface area contributed by atoms with Gasteiger partial charge in [-0.1, -0.05) is 23.2 Å². The number of fused-ring (bicyclic) bond motifs is 1. The van der Waals surface area contributed by atoms with Crippen LogP contribution in [-0.4, -0.2) is 51.6 Å². The SMILES string of the molecule is NC(=O)Nc1ccc[n+](CC2=C(C(=O)[O-])N3C(=O)[C@@H](NC(=O)CSc4cc(Cl)ccc4Cl)[C@H]3SC2)c1. The van der Waals surface area contributed by atoms with E-state index in [0.29, 0.717) is 32.0 Å². The summed E-state index contributed by atoms with van der Waals surface area (Å²) in [5, 5.41) is 17.5. The van der Waals surface area contributed by atoms with E-state index in [1.807, 2.05) is 0 Å². The van der Waals surface area contributed by atoms with Crippen LogP contribution in [0.15, 0.2) is 58.9 Å². The highest BCUT2D eigenvalue weighted by atomic mass is 35.5. The lowest BCUT2D eigenvalue weighted by atomic mass is 10.0. The minimum absolute atomic E-state index is 0.00196. The van der Waals surface area contributed by atoms with Crippen molar-refractivity contribution in [1.82, 2.24) is 10.2 Å². The zero-order valence-electron chi connectivity index (χ0n) is 18.4. The molecule has 10 nitrogen and oxygen atoms in total. The third-order valence-electron chi connectivity index (χ3n) is 5.31. The number of nitrogens with one attached hydrogen (secondary N) is 2. The van der Waals surface area contributed by atoms with Crippen molar-refractivity contribution >= 4 is 76.2 Å². The van der Waals surface area contributed by atoms with Gasteiger partial charge in [0.1, 0.15) is 17.1 Å². The fraction of sp³-hybridized carbons (Fsp3) is 0.227. The number of nitrogens with two attached hydrogens (primary N) is 1. The summed E-state index contributed by atoms with van der Waals surface area (Å²) in [7, 11) is 0. The van der Waals surface area contributed by atoms with Gasteiger partial charge in [-0.05, 0) is 24.3 Å². The lowest BCUT2D eigenvalue weighted by Gasteiger charge is -2.50. The minimum Gasteiger partial charge on any atom is -0.543 e. The Bertz CT molecular complexity index is 1290. The van der Waals surface area contributed by atoms with Gasteiger partial charge < -0.3 is 26.3 Å². The molecule has 0 spiro atoms. The molecule has 4 N–H and O–H groups in total. The van der Waals surface area contributed by atoms with Gasteiger partial charge in [0.2, 0.25) is 5.91 Å². The number of carboxylic acid groups (broad SMARTS) is 1. The summed E-state index contributed by atoms with van der Waals surface area (Å²) < 4.78 is 1.66. The van der Waals surface area contributed by atoms with Crippen LogP contribution >= 0.6 is 46.7 Å². The molecule has 0 aliphatic carbocycles. The number of aromatic nitrogens is 1. The number of hydrogen-bond donors (Lipinski definition) is 3. The maximum atomic E-state index is 12.9. The summed E-state index contributed by atoms with van der Waals surface area (Å²) >= 11 is 14.6. The van der Waals surface area contributed by atoms with Gasteiger partial charge in [-0.2, -0.15) is 4.57 Å². The number of carbonyl (C=O) groups is 4. The number of benzene rings is 1. The molecule has 36 heavy (non-hydrogen) atoms. The average Bonchev–Trinajstić information content (AvgIpc) is 2.82. The molecule has 0 saturated carbocycles. The molecule has 3 heterocycles. The number of primary amides is 1. The van der Waals surface area contributed by atoms with E-state index in [-0.39, 0.29) is 18.0 Å². The van der Waals surface area contributed by atoms with E-state index in [4.69, 9.17) is 28.9 Å². The average molecular weight is 568 g/mol. The molecule has 2 aliphatic rings. The van der Waals surface area contributed by atoms with Gasteiger partial charge >= 0.3 is 6.03 Å². The molecule has 1 fully saturated rings. The molecule has 1 aromatic heterocycles. The van der Waals surface area contributed by atoms with Crippen LogP contribution in [0.2, 0.25) is 10.0 Å². The van der Waals surface area contributed by atoms with Crippen LogP contribution in [0.3, 0.4) is 0 Å². The number of carboxylic acids is 1. The fourth-order valence-corrected chi connectivity index (χ4v) is 6.44. The Balaban J connectivity index is 1.43. The molecule has 2 aromatic rings. The maximum absolute atomic E-state index is 12.9. The molecule has 0 bridgehead atoms. The van der Waals surface area contributed by atoms with Crippen LogP contribution in [0, 0.1) is 0 Å². The van der Waals surface area contributed by atoms with E-state index in [1.54, 1.807) is 47.3 Å². The van der Waals surface area contributed by atoms with Crippen LogP contribution in [-0.2, 0) is 20.9 Å². The van der Waals surface area contributed by atoms with Gasteiger partial charge in [-0.25, -0.2) is 4.79 Å². The molecule has 0 radical (unpaired) electrons. The first-order valence-electron chi connectivity index (χ1n) is 10.4. The molecule has 14 heteroatoms. The standard InChI is InChI=1S/C22H19Cl2N5O5S2/c23-12-3-4-14(24)15(6-12)35-10-16(30)27-17-19(31)29-18(21(32)33)11(9-36-20(17)29)7-28-5-1-2-13(8-28)26-22(25)34/h1-6,8,17,20H,7,9-10H2,(H4-,25,26,27,30,32,33,34)/t17-,20-/m1/s1. The normalized spacial score (nSPS) is 18.8. The van der Waals surface area contributed by atoms with E-state index in [2.05, 4.69) is 10.6 Å². The van der Waals surface area contributed by atoms with Gasteiger partial charge in [0.25, 0.3) is 5.91 Å². The zero-order valence-corrected chi connectivity index (χ0v) is 21.5. The second kappa shape index (κ2) is 11.0. The maximum Gasteiger partial charge on any atom is 0.316 e. The number of β-lactam (4-membered cyclic amide) rings is 1. The van der Waals surface area contributed by atoms with E-state index >= 15 is 0 Å². The Labute approximate surface area is 224 Å². The van der Waals surface area contributed by atoms with Gasteiger partial charge in [-0.15, -0.1) is 23.5 Å². The fourth-order valence-electron chi connectivity index (χ4n) is 3.80. The van der Waals surface area contributed by atoms with E-state index in [1.165, 1.54) is 23.5 Å². The van der Waals surface area contributed by atoms with Crippen molar-refractivity contribution in [2.24, 2.45) is 5.73 Å². The molecular weight excluding hydrogens is 549 g/mol. The number of urea groups is 1. The molecule has 2 atom stereocenters. The number of thioether (sulfide) groups is 2. The monoisotopic (exact) mass is 567 g/mol. The van der Waals surface area contributed by atoms with Crippen molar-refractivity contribution in [2.75, 3.05) is 16.8 Å². The molecule has 4 rings (SSSR count). The van der Waals surface area contributed by atoms with Crippen LogP contribution in [0.1, 0.15) is 0 Å². The molecule has 1 saturated heterocycles. The quantitative estimate of drug-likeness (QED) is 0.244. The Morgan fingerprint density at radius 1 is 1.28 bits per heavy atom. The highest BCUT2D eigenvalue weighted by Crippen LogP contribution is 2.40. The van der Waals surface area contributed by atoms with Crippen molar-refractivity contribution in [1.29, 1.82) is 0 Å². The van der Waals surface area contributed by atoms with E-state index < -0.39 is 35.2 Å². The van der Waals surface area contributed by atoms with Gasteiger partial charge in [-0.3, -0.25) is 14.5 Å². The number of amides is 4. The number of aliphatic carboxylic acids is 1. The molecule has 4 amide bonds. The lowest BCUT2D eigenvalue weighted by molar-refractivity contribution is -0.688. The second-order valence-corrected chi connectivity index (χ2v) is 10.8. The number of pyridine rings is 1. The Morgan fingerprint density at radius 3 is 2.78 bits per heavy atom. The first-order valence-corrected chi connectivity index (χ1v) is 13.2. The summed E-state index contributed by atoms with van der Waals surface area (Å²) in [5.41, 5.74) is 5.82. The largest absolute Gasteiger partial charge is 0.543 e. The van der Waals surface area contributed by atoms with Crippen LogP contribution in [0.25, 0.3) is 0 Å². The van der Waals surface area contributed by atoms with Gasteiger partial charge in [0, 0.05) is 27.3 Å². The van der Waals surface area contributed by atoms with Crippen molar-refractivity contribution < 1.29 is 28.9 Å². The number of anilines is 1. The van der Waals surface area contributed by atoms with Crippen LogP contribution in [0.4, 0.5) is 10.5 Å². The van der Waals surface area contributed by atoms with Crippen LogP contribution < -0.4 is 26.0 Å². The molecular formula is C22H19Cl2N5O5S2. The third-order valence-corrected chi connectivity index (χ3v) is 8.38. The molecule has 188 valence electrons. The second-order valence-electron chi connectivity index (χ2n) is 7.81. The topological polar surface area (TPSA) is 149 Å². The summed E-state index contributed by atoms with van der Waals surface area (Å²) in [6.07, 6.45) is 3.28. The summed E-state index contributed by atoms with van der Waals surface area (Å²) in [6, 6.07) is 6.62. The first kappa shape index (κ1) is 26.1. The van der Waals surface area contributed by atoms with Crippen molar-refractivity contribution in [3.05, 3.63) is 64.0 Å². The van der Waals surface area contributed by atoms with Crippen molar-refractivity contribution in [2.45, 2.75) is 22.9 Å². The Morgan fingerprint density at radius 2 is 2.06 bits per heavy atom. The molecule has 1 aromatic carbocycles. The number of nitrogens with zero attached hydrogens (tertiary/aromatic N) is 2. The summed E-state index contributed by atoms with van der Waals surface area (Å²) in [5.74, 6) is -2.10. The third kappa shape index (κ3) is 5.72. The minimum atomic E-state index is -1.48. The smallest absolute Gasteiger partial charge is 0.316 e. The summed E-state index contributed by atoms with van der Waals surface area (Å²) in [4.78, 5) is 50.2. The Hall–Kier alpha value is -2.93. The van der Waals surface area contributed by atoms with Crippen molar-refractivity contribution in [3.63, 3.8) is 0 Å². The number of hydrogen-bond acceptors (Lipinski definition) is 7. The zero-order chi connectivity index (χ0) is 26.0. The predicted molar refractivity (Wildman–Crippen MR) is 134 cm³/mol. The predicted octanol–water partition coefficient (Wildman–Crippen LogP) is 0.968. The van der Waals surface area contributed by atoms with Gasteiger partial charge in [0.05, 0.1) is 22.4 Å². The highest BCUT2D eigenvalue weighted by Gasteiger charge is 2.53. The van der Waals surface area contributed by atoms with E-state index in [0.717, 1.165) is 4.90 Å². The lowest BCUT2D eigenvalue weighted by Crippen LogP contribution is -2.71. The molecule has 2 aliphatic heterocycles. The number of halogens is 2. The summed E-state index contributed by atoms with van der Waals surface area (Å²) in [6.45, 7) is 0.148. The van der Waals surface area contributed by atoms with Crippen LogP contribution in [0.5, 0.6) is 0 Å².